The summed E-state index contributed by atoms with van der Waals surface area (Å²) >= 11 is 0. The van der Waals surface area contributed by atoms with Crippen LogP contribution in [0.2, 0.25) is 0 Å². The van der Waals surface area contributed by atoms with Crippen molar-refractivity contribution in [3.8, 4) is 17.1 Å². The Kier molecular flexibility index (Phi) is 4.53. The smallest absolute Gasteiger partial charge is 0.162 e. The number of nitrogens with zero attached hydrogens (tertiary/aromatic N) is 3. The van der Waals surface area contributed by atoms with Gasteiger partial charge in [-0.05, 0) is 42.5 Å². The summed E-state index contributed by atoms with van der Waals surface area (Å²) in [7, 11) is 0. The van der Waals surface area contributed by atoms with Gasteiger partial charge in [0.1, 0.15) is 18.2 Å². The average molecular weight is 395 g/mol. The van der Waals surface area contributed by atoms with Gasteiger partial charge in [-0.25, -0.2) is 9.97 Å². The number of rotatable bonds is 6. The maximum Gasteiger partial charge on any atom is 0.162 e. The van der Waals surface area contributed by atoms with Crippen molar-refractivity contribution in [1.29, 1.82) is 0 Å². The molecule has 3 aromatic carbocycles. The molecule has 2 N–H and O–H groups in total. The molecule has 2 heterocycles. The van der Waals surface area contributed by atoms with Crippen molar-refractivity contribution in [2.45, 2.75) is 0 Å². The van der Waals surface area contributed by atoms with Crippen molar-refractivity contribution < 1.29 is 9.53 Å². The van der Waals surface area contributed by atoms with Crippen molar-refractivity contribution in [3.63, 3.8) is 0 Å². The van der Waals surface area contributed by atoms with E-state index in [1.165, 1.54) is 0 Å². The molecule has 0 amide bonds. The highest BCUT2D eigenvalue weighted by Gasteiger charge is 2.11. The number of para-hydroxylation sites is 1. The van der Waals surface area contributed by atoms with Crippen molar-refractivity contribution in [1.82, 2.24) is 20.2 Å². The van der Waals surface area contributed by atoms with Gasteiger partial charge in [0.2, 0.25) is 0 Å². The molecule has 5 aromatic rings. The molecule has 0 fully saturated rings. The fourth-order valence-corrected chi connectivity index (χ4v) is 3.31. The van der Waals surface area contributed by atoms with Crippen LogP contribution in [0.4, 0.5) is 11.5 Å². The third-order valence-corrected chi connectivity index (χ3v) is 4.72. The zero-order chi connectivity index (χ0) is 20.3. The van der Waals surface area contributed by atoms with Gasteiger partial charge in [-0.2, -0.15) is 5.10 Å². The molecule has 0 aliphatic heterocycles. The summed E-state index contributed by atoms with van der Waals surface area (Å²) in [5, 5.41) is 12.4. The van der Waals surface area contributed by atoms with Crippen LogP contribution in [0.15, 0.2) is 72.9 Å². The SMILES string of the molecule is O=CCOc1cccc(-c2nc(Nc3ccc4[nH]ncc4c3)c3ccccc3n2)c1. The number of anilines is 2. The van der Waals surface area contributed by atoms with Crippen LogP contribution in [-0.2, 0) is 4.79 Å². The average Bonchev–Trinajstić information content (AvgIpc) is 3.26. The van der Waals surface area contributed by atoms with E-state index in [0.29, 0.717) is 17.4 Å². The lowest BCUT2D eigenvalue weighted by Crippen LogP contribution is -2.00. The lowest BCUT2D eigenvalue weighted by atomic mass is 10.1. The Bertz CT molecular complexity index is 1360. The molecule has 2 aromatic heterocycles. The highest BCUT2D eigenvalue weighted by Crippen LogP contribution is 2.29. The molecule has 0 aliphatic carbocycles. The van der Waals surface area contributed by atoms with Gasteiger partial charge >= 0.3 is 0 Å². The molecule has 0 unspecified atom stereocenters. The Morgan fingerprint density at radius 1 is 1.00 bits per heavy atom. The number of benzene rings is 3. The number of fused-ring (bicyclic) bond motifs is 2. The number of carbonyl (C=O) groups is 1. The second kappa shape index (κ2) is 7.63. The standard InChI is InChI=1S/C23H17N5O2/c29-10-11-30-18-5-3-4-15(13-18)22-26-21-7-2-1-6-19(21)23(27-22)25-17-8-9-20-16(12-17)14-24-28-20/h1-10,12-14H,11H2,(H,24,28)(H,25,26,27). The van der Waals surface area contributed by atoms with Crippen LogP contribution in [0.5, 0.6) is 5.75 Å². The van der Waals surface area contributed by atoms with E-state index in [4.69, 9.17) is 14.7 Å². The first-order chi connectivity index (χ1) is 14.8. The van der Waals surface area contributed by atoms with E-state index in [2.05, 4.69) is 15.5 Å². The predicted molar refractivity (Wildman–Crippen MR) is 116 cm³/mol. The molecule has 30 heavy (non-hydrogen) atoms. The van der Waals surface area contributed by atoms with Gasteiger partial charge in [-0.1, -0.05) is 24.3 Å². The molecular weight excluding hydrogens is 378 g/mol. The number of H-pyrrole nitrogens is 1. The minimum atomic E-state index is 0.00528. The zero-order valence-electron chi connectivity index (χ0n) is 15.9. The predicted octanol–water partition coefficient (Wildman–Crippen LogP) is 4.49. The summed E-state index contributed by atoms with van der Waals surface area (Å²) < 4.78 is 5.42. The second-order valence-electron chi connectivity index (χ2n) is 6.72. The molecule has 7 nitrogen and oxygen atoms in total. The number of nitrogens with one attached hydrogen (secondary N) is 2. The van der Waals surface area contributed by atoms with Crippen LogP contribution in [0.1, 0.15) is 0 Å². The molecule has 0 saturated carbocycles. The van der Waals surface area contributed by atoms with Crippen LogP contribution in [0.3, 0.4) is 0 Å². The monoisotopic (exact) mass is 395 g/mol. The Morgan fingerprint density at radius 2 is 1.93 bits per heavy atom. The van der Waals surface area contributed by atoms with Crippen molar-refractivity contribution >= 4 is 39.6 Å². The van der Waals surface area contributed by atoms with Gasteiger partial charge in [0.25, 0.3) is 0 Å². The van der Waals surface area contributed by atoms with Crippen molar-refractivity contribution in [2.24, 2.45) is 0 Å². The molecule has 0 atom stereocenters. The molecule has 5 rings (SSSR count). The van der Waals surface area contributed by atoms with Gasteiger partial charge in [0, 0.05) is 22.0 Å². The Hall–Kier alpha value is -4.26. The first-order valence-electron chi connectivity index (χ1n) is 9.44. The summed E-state index contributed by atoms with van der Waals surface area (Å²) in [6.45, 7) is 0.00528. The zero-order valence-corrected chi connectivity index (χ0v) is 15.9. The van der Waals surface area contributed by atoms with Crippen molar-refractivity contribution in [2.75, 3.05) is 11.9 Å². The maximum absolute atomic E-state index is 10.6. The second-order valence-corrected chi connectivity index (χ2v) is 6.72. The molecule has 0 saturated heterocycles. The third-order valence-electron chi connectivity index (χ3n) is 4.72. The van der Waals surface area contributed by atoms with Crippen LogP contribution in [0.25, 0.3) is 33.2 Å². The summed E-state index contributed by atoms with van der Waals surface area (Å²) in [5.41, 5.74) is 3.51. The summed E-state index contributed by atoms with van der Waals surface area (Å²) in [6.07, 6.45) is 2.51. The number of hydrogen-bond donors (Lipinski definition) is 2. The third kappa shape index (κ3) is 3.44. The van der Waals surface area contributed by atoms with Crippen LogP contribution >= 0.6 is 0 Å². The van der Waals surface area contributed by atoms with Gasteiger partial charge in [-0.15, -0.1) is 0 Å². The summed E-state index contributed by atoms with van der Waals surface area (Å²) in [5.74, 6) is 1.87. The van der Waals surface area contributed by atoms with E-state index in [0.717, 1.165) is 39.3 Å². The number of aromatic nitrogens is 4. The van der Waals surface area contributed by atoms with E-state index in [9.17, 15) is 4.79 Å². The first-order valence-corrected chi connectivity index (χ1v) is 9.44. The van der Waals surface area contributed by atoms with Crippen LogP contribution in [0, 0.1) is 0 Å². The minimum absolute atomic E-state index is 0.00528. The molecule has 7 heteroatoms. The van der Waals surface area contributed by atoms with Crippen molar-refractivity contribution in [3.05, 3.63) is 72.9 Å². The molecule has 0 radical (unpaired) electrons. The maximum atomic E-state index is 10.6. The molecular formula is C23H17N5O2. The molecule has 0 bridgehead atoms. The van der Waals surface area contributed by atoms with E-state index >= 15 is 0 Å². The van der Waals surface area contributed by atoms with E-state index < -0.39 is 0 Å². The van der Waals surface area contributed by atoms with Gasteiger partial charge in [0.15, 0.2) is 12.1 Å². The Balaban J connectivity index is 1.58. The van der Waals surface area contributed by atoms with Gasteiger partial charge < -0.3 is 10.1 Å². The van der Waals surface area contributed by atoms with Gasteiger partial charge in [-0.3, -0.25) is 9.89 Å². The topological polar surface area (TPSA) is 92.8 Å². The van der Waals surface area contributed by atoms with Gasteiger partial charge in [0.05, 0.1) is 17.2 Å². The van der Waals surface area contributed by atoms with E-state index in [1.807, 2.05) is 60.7 Å². The largest absolute Gasteiger partial charge is 0.486 e. The summed E-state index contributed by atoms with van der Waals surface area (Å²) in [4.78, 5) is 20.1. The number of carbonyl (C=O) groups excluding carboxylic acids is 1. The fraction of sp³-hybridized carbons (Fsp3) is 0.0435. The number of ether oxygens (including phenoxy) is 1. The number of aldehydes is 1. The minimum Gasteiger partial charge on any atom is -0.486 e. The highest BCUT2D eigenvalue weighted by molar-refractivity contribution is 5.93. The van der Waals surface area contributed by atoms with E-state index in [-0.39, 0.29) is 6.61 Å². The normalized spacial score (nSPS) is 10.9. The lowest BCUT2D eigenvalue weighted by Gasteiger charge is -2.12. The Morgan fingerprint density at radius 3 is 2.87 bits per heavy atom. The quantitative estimate of drug-likeness (QED) is 0.412. The molecule has 146 valence electrons. The van der Waals surface area contributed by atoms with Crippen LogP contribution in [-0.4, -0.2) is 33.1 Å². The molecule has 0 spiro atoms. The summed E-state index contributed by atoms with van der Waals surface area (Å²) in [6, 6.07) is 21.2. The van der Waals surface area contributed by atoms with E-state index in [1.54, 1.807) is 12.3 Å². The fourth-order valence-electron chi connectivity index (χ4n) is 3.31. The Labute approximate surface area is 171 Å². The number of hydrogen-bond acceptors (Lipinski definition) is 6. The number of aromatic amines is 1. The lowest BCUT2D eigenvalue weighted by molar-refractivity contribution is -0.109. The first kappa shape index (κ1) is 17.8. The molecule has 0 aliphatic rings. The van der Waals surface area contributed by atoms with Crippen LogP contribution < -0.4 is 10.1 Å². The highest BCUT2D eigenvalue weighted by atomic mass is 16.5.